The van der Waals surface area contributed by atoms with Crippen LogP contribution in [0.4, 0.5) is 0 Å². The molecule has 2 N–H and O–H groups in total. The molecule has 1 atom stereocenters. The summed E-state index contributed by atoms with van der Waals surface area (Å²) in [5.41, 5.74) is 8.51. The molecule has 0 fully saturated rings. The van der Waals surface area contributed by atoms with Crippen molar-refractivity contribution in [1.82, 2.24) is 4.90 Å². The summed E-state index contributed by atoms with van der Waals surface area (Å²) in [7, 11) is 1.80. The fraction of sp³-hybridized carbons (Fsp3) is 0.316. The van der Waals surface area contributed by atoms with E-state index in [0.717, 1.165) is 17.5 Å². The predicted octanol–water partition coefficient (Wildman–Crippen LogP) is 3.08. The second-order valence-corrected chi connectivity index (χ2v) is 5.90. The highest BCUT2D eigenvalue weighted by Crippen LogP contribution is 2.20. The predicted molar refractivity (Wildman–Crippen MR) is 90.3 cm³/mol. The average Bonchev–Trinajstić information content (AvgIpc) is 2.55. The summed E-state index contributed by atoms with van der Waals surface area (Å²) in [4.78, 5) is 14.4. The third-order valence-electron chi connectivity index (χ3n) is 4.02. The van der Waals surface area contributed by atoms with Crippen molar-refractivity contribution < 1.29 is 4.79 Å². The fourth-order valence-corrected chi connectivity index (χ4v) is 2.53. The van der Waals surface area contributed by atoms with E-state index in [9.17, 15) is 4.79 Å². The number of nitrogens with zero attached hydrogens (tertiary/aromatic N) is 1. The molecule has 1 unspecified atom stereocenters. The highest BCUT2D eigenvalue weighted by molar-refractivity contribution is 5.86. The van der Waals surface area contributed by atoms with Gasteiger partial charge >= 0.3 is 0 Å². The maximum Gasteiger partial charge on any atom is 0.247 e. The summed E-state index contributed by atoms with van der Waals surface area (Å²) in [6.07, 6.45) is 1.02. The summed E-state index contributed by atoms with van der Waals surface area (Å²) in [6, 6.07) is 17.8. The van der Waals surface area contributed by atoms with E-state index in [0.29, 0.717) is 6.54 Å². The van der Waals surface area contributed by atoms with Gasteiger partial charge in [-0.2, -0.15) is 0 Å². The fourth-order valence-electron chi connectivity index (χ4n) is 2.53. The van der Waals surface area contributed by atoms with Crippen molar-refractivity contribution in [3.8, 4) is 0 Å². The van der Waals surface area contributed by atoms with Crippen LogP contribution in [0.2, 0.25) is 0 Å². The molecular formula is C19H24N2O. The van der Waals surface area contributed by atoms with Crippen LogP contribution in [0.25, 0.3) is 0 Å². The molecular weight excluding hydrogens is 272 g/mol. The van der Waals surface area contributed by atoms with Crippen LogP contribution in [-0.2, 0) is 23.3 Å². The number of amides is 1. The molecule has 0 spiro atoms. The number of aryl methyl sites for hydroxylation is 1. The molecule has 2 rings (SSSR count). The minimum Gasteiger partial charge on any atom is -0.340 e. The van der Waals surface area contributed by atoms with Crippen molar-refractivity contribution in [1.29, 1.82) is 0 Å². The second kappa shape index (κ2) is 6.75. The van der Waals surface area contributed by atoms with E-state index in [-0.39, 0.29) is 5.91 Å². The quantitative estimate of drug-likeness (QED) is 0.921. The molecule has 3 nitrogen and oxygen atoms in total. The Hall–Kier alpha value is -2.13. The molecule has 3 heteroatoms. The van der Waals surface area contributed by atoms with Crippen molar-refractivity contribution in [2.45, 2.75) is 32.4 Å². The van der Waals surface area contributed by atoms with Gasteiger partial charge in [-0.25, -0.2) is 0 Å². The van der Waals surface area contributed by atoms with Gasteiger partial charge in [0.15, 0.2) is 0 Å². The van der Waals surface area contributed by atoms with E-state index >= 15 is 0 Å². The van der Waals surface area contributed by atoms with Gasteiger partial charge in [-0.1, -0.05) is 61.5 Å². The molecule has 0 aliphatic heterocycles. The Kier molecular flexibility index (Phi) is 4.99. The lowest BCUT2D eigenvalue weighted by Crippen LogP contribution is -2.49. The lowest BCUT2D eigenvalue weighted by molar-refractivity contribution is -0.136. The molecule has 116 valence electrons. The first-order valence-corrected chi connectivity index (χ1v) is 7.63. The number of benzene rings is 2. The molecule has 0 bridgehead atoms. The van der Waals surface area contributed by atoms with Gasteiger partial charge in [0.1, 0.15) is 5.54 Å². The van der Waals surface area contributed by atoms with E-state index in [2.05, 4.69) is 31.2 Å². The molecule has 0 saturated heterocycles. The van der Waals surface area contributed by atoms with Gasteiger partial charge in [-0.15, -0.1) is 0 Å². The zero-order valence-corrected chi connectivity index (χ0v) is 13.5. The number of carbonyl (C=O) groups excluding carboxylic acids is 1. The van der Waals surface area contributed by atoms with Crippen LogP contribution in [0.1, 0.15) is 30.5 Å². The standard InChI is InChI=1S/C19H24N2O/c1-4-15-10-12-16(13-11-15)14-21(3)18(22)19(2,20)17-8-6-5-7-9-17/h5-13H,4,14,20H2,1-3H3. The van der Waals surface area contributed by atoms with Gasteiger partial charge in [0, 0.05) is 13.6 Å². The monoisotopic (exact) mass is 296 g/mol. The lowest BCUT2D eigenvalue weighted by Gasteiger charge is -2.29. The number of nitrogens with two attached hydrogens (primary N) is 1. The van der Waals surface area contributed by atoms with Gasteiger partial charge in [0.05, 0.1) is 0 Å². The van der Waals surface area contributed by atoms with Crippen molar-refractivity contribution in [2.75, 3.05) is 7.05 Å². The Bertz CT molecular complexity index is 618. The zero-order valence-electron chi connectivity index (χ0n) is 13.5. The molecule has 0 radical (unpaired) electrons. The van der Waals surface area contributed by atoms with Crippen molar-refractivity contribution in [3.05, 3.63) is 71.3 Å². The van der Waals surface area contributed by atoms with Gasteiger partial charge < -0.3 is 10.6 Å². The minimum absolute atomic E-state index is 0.0849. The summed E-state index contributed by atoms with van der Waals surface area (Å²) in [5, 5.41) is 0. The largest absolute Gasteiger partial charge is 0.340 e. The SMILES string of the molecule is CCc1ccc(CN(C)C(=O)C(C)(N)c2ccccc2)cc1. The summed E-state index contributed by atoms with van der Waals surface area (Å²) < 4.78 is 0. The highest BCUT2D eigenvalue weighted by Gasteiger charge is 2.32. The van der Waals surface area contributed by atoms with Crippen LogP contribution in [0.15, 0.2) is 54.6 Å². The van der Waals surface area contributed by atoms with E-state index in [4.69, 9.17) is 5.73 Å². The van der Waals surface area contributed by atoms with Crippen LogP contribution >= 0.6 is 0 Å². The minimum atomic E-state index is -1.01. The first-order valence-electron chi connectivity index (χ1n) is 7.63. The third kappa shape index (κ3) is 3.55. The third-order valence-corrected chi connectivity index (χ3v) is 4.02. The van der Waals surface area contributed by atoms with Crippen LogP contribution in [-0.4, -0.2) is 17.9 Å². The number of carbonyl (C=O) groups is 1. The van der Waals surface area contributed by atoms with E-state index in [1.807, 2.05) is 30.3 Å². The Morgan fingerprint density at radius 1 is 1.05 bits per heavy atom. The first kappa shape index (κ1) is 16.2. The van der Waals surface area contributed by atoms with Crippen LogP contribution < -0.4 is 5.73 Å². The van der Waals surface area contributed by atoms with Gasteiger partial charge in [0.2, 0.25) is 5.91 Å². The summed E-state index contributed by atoms with van der Waals surface area (Å²) >= 11 is 0. The Morgan fingerprint density at radius 3 is 2.14 bits per heavy atom. The Morgan fingerprint density at radius 2 is 1.59 bits per heavy atom. The maximum absolute atomic E-state index is 12.7. The number of rotatable bonds is 5. The van der Waals surface area contributed by atoms with E-state index in [1.54, 1.807) is 18.9 Å². The summed E-state index contributed by atoms with van der Waals surface area (Å²) in [5.74, 6) is -0.0849. The van der Waals surface area contributed by atoms with Gasteiger partial charge in [-0.05, 0) is 30.0 Å². The Balaban J connectivity index is 2.11. The van der Waals surface area contributed by atoms with E-state index < -0.39 is 5.54 Å². The maximum atomic E-state index is 12.7. The lowest BCUT2D eigenvalue weighted by atomic mass is 9.91. The topological polar surface area (TPSA) is 46.3 Å². The zero-order chi connectivity index (χ0) is 16.2. The molecule has 0 aromatic heterocycles. The molecule has 1 amide bonds. The second-order valence-electron chi connectivity index (χ2n) is 5.90. The van der Waals surface area contributed by atoms with Crippen LogP contribution in [0, 0.1) is 0 Å². The first-order chi connectivity index (χ1) is 10.4. The Labute approximate surface area is 132 Å². The molecule has 0 saturated carbocycles. The number of hydrogen-bond donors (Lipinski definition) is 1. The van der Waals surface area contributed by atoms with Crippen molar-refractivity contribution in [2.24, 2.45) is 5.73 Å². The summed E-state index contributed by atoms with van der Waals surface area (Å²) in [6.45, 7) is 4.45. The van der Waals surface area contributed by atoms with Crippen LogP contribution in [0.5, 0.6) is 0 Å². The van der Waals surface area contributed by atoms with Crippen molar-refractivity contribution in [3.63, 3.8) is 0 Å². The number of hydrogen-bond acceptors (Lipinski definition) is 2. The smallest absolute Gasteiger partial charge is 0.247 e. The number of likely N-dealkylation sites (N-methyl/N-ethyl adjacent to an activating group) is 1. The normalized spacial score (nSPS) is 13.5. The molecule has 2 aromatic carbocycles. The molecule has 0 aliphatic carbocycles. The van der Waals surface area contributed by atoms with E-state index in [1.165, 1.54) is 5.56 Å². The highest BCUT2D eigenvalue weighted by atomic mass is 16.2. The molecule has 0 aliphatic rings. The molecule has 0 heterocycles. The van der Waals surface area contributed by atoms with Crippen molar-refractivity contribution >= 4 is 5.91 Å². The molecule has 2 aromatic rings. The van der Waals surface area contributed by atoms with Gasteiger partial charge in [-0.3, -0.25) is 4.79 Å². The van der Waals surface area contributed by atoms with Crippen LogP contribution in [0.3, 0.4) is 0 Å². The average molecular weight is 296 g/mol. The van der Waals surface area contributed by atoms with Gasteiger partial charge in [0.25, 0.3) is 0 Å². The molecule has 22 heavy (non-hydrogen) atoms.